The molecule has 0 fully saturated rings. The maximum Gasteiger partial charge on any atom is 0.280 e. The highest BCUT2D eigenvalue weighted by atomic mass is 16.3. The van der Waals surface area contributed by atoms with Gasteiger partial charge in [-0.15, -0.1) is 0 Å². The molecule has 1 atom stereocenters. The molecule has 5 nitrogen and oxygen atoms in total. The minimum atomic E-state index is -0.133. The van der Waals surface area contributed by atoms with Crippen LogP contribution in [0.25, 0.3) is 11.5 Å². The van der Waals surface area contributed by atoms with E-state index in [1.807, 2.05) is 59.5 Å². The molecule has 26 heavy (non-hydrogen) atoms. The van der Waals surface area contributed by atoms with E-state index in [2.05, 4.69) is 23.9 Å². The minimum Gasteiger partial charge on any atom is -0.444 e. The molecule has 2 aromatic carbocycles. The molecule has 0 saturated carbocycles. The van der Waals surface area contributed by atoms with Crippen LogP contribution in [-0.2, 0) is 0 Å². The number of para-hydroxylation sites is 2. The largest absolute Gasteiger partial charge is 0.444 e. The Morgan fingerprint density at radius 2 is 1.77 bits per heavy atom. The summed E-state index contributed by atoms with van der Waals surface area (Å²) in [5.74, 6) is 0.327. The van der Waals surface area contributed by atoms with Crippen LogP contribution in [0, 0.1) is 0 Å². The number of carbonyl (C=O) groups excluding carboxylic acids is 1. The Bertz CT molecular complexity index is 920. The molecule has 1 aliphatic rings. The van der Waals surface area contributed by atoms with E-state index in [0.29, 0.717) is 11.6 Å². The van der Waals surface area contributed by atoms with Crippen molar-refractivity contribution in [1.29, 1.82) is 0 Å². The van der Waals surface area contributed by atoms with Gasteiger partial charge in [-0.2, -0.15) is 0 Å². The van der Waals surface area contributed by atoms with Crippen LogP contribution in [0.15, 0.2) is 65.3 Å². The van der Waals surface area contributed by atoms with Crippen LogP contribution in [0.3, 0.4) is 0 Å². The number of hydrogen-bond donors (Lipinski definition) is 0. The van der Waals surface area contributed by atoms with E-state index in [-0.39, 0.29) is 11.9 Å². The lowest BCUT2D eigenvalue weighted by Crippen LogP contribution is -2.38. The van der Waals surface area contributed by atoms with E-state index >= 15 is 0 Å². The number of anilines is 2. The molecule has 5 heteroatoms. The summed E-state index contributed by atoms with van der Waals surface area (Å²) in [7, 11) is 2.06. The van der Waals surface area contributed by atoms with Crippen molar-refractivity contribution in [3.8, 4) is 11.5 Å². The SMILES string of the molecule is C[C@@H]1CCN(C)c2ccccc2N1C(=O)c1coc(-c2ccccc2)n1. The first-order valence-corrected chi connectivity index (χ1v) is 8.80. The van der Waals surface area contributed by atoms with Crippen LogP contribution in [0.2, 0.25) is 0 Å². The third-order valence-corrected chi connectivity index (χ3v) is 4.84. The van der Waals surface area contributed by atoms with Gasteiger partial charge in [-0.3, -0.25) is 4.79 Å². The highest BCUT2D eigenvalue weighted by molar-refractivity contribution is 6.07. The van der Waals surface area contributed by atoms with Crippen molar-refractivity contribution in [3.63, 3.8) is 0 Å². The maximum atomic E-state index is 13.3. The fraction of sp³-hybridized carbons (Fsp3) is 0.238. The quantitative estimate of drug-likeness (QED) is 0.696. The predicted molar refractivity (Wildman–Crippen MR) is 103 cm³/mol. The molecule has 1 aliphatic heterocycles. The van der Waals surface area contributed by atoms with E-state index in [0.717, 1.165) is 29.9 Å². The van der Waals surface area contributed by atoms with Gasteiger partial charge in [-0.1, -0.05) is 30.3 Å². The van der Waals surface area contributed by atoms with Crippen LogP contribution >= 0.6 is 0 Å². The smallest absolute Gasteiger partial charge is 0.280 e. The Morgan fingerprint density at radius 3 is 2.54 bits per heavy atom. The zero-order chi connectivity index (χ0) is 18.1. The van der Waals surface area contributed by atoms with Crippen LogP contribution < -0.4 is 9.80 Å². The molecule has 3 aromatic rings. The summed E-state index contributed by atoms with van der Waals surface area (Å²) in [6.45, 7) is 2.97. The first-order valence-electron chi connectivity index (χ1n) is 8.80. The number of fused-ring (bicyclic) bond motifs is 1. The summed E-state index contributed by atoms with van der Waals surface area (Å²) in [6.07, 6.45) is 2.34. The second kappa shape index (κ2) is 6.67. The summed E-state index contributed by atoms with van der Waals surface area (Å²) in [6, 6.07) is 17.7. The Balaban J connectivity index is 1.71. The fourth-order valence-corrected chi connectivity index (χ4v) is 3.38. The average Bonchev–Trinajstić information content (AvgIpc) is 3.13. The summed E-state index contributed by atoms with van der Waals surface area (Å²) >= 11 is 0. The molecule has 1 aromatic heterocycles. The molecule has 0 bridgehead atoms. The zero-order valence-corrected chi connectivity index (χ0v) is 14.9. The number of rotatable bonds is 2. The molecule has 0 N–H and O–H groups in total. The van der Waals surface area contributed by atoms with E-state index in [9.17, 15) is 4.79 Å². The normalized spacial score (nSPS) is 16.9. The number of aromatic nitrogens is 1. The van der Waals surface area contributed by atoms with Gasteiger partial charge in [-0.05, 0) is 37.6 Å². The molecule has 0 radical (unpaired) electrons. The monoisotopic (exact) mass is 347 g/mol. The van der Waals surface area contributed by atoms with Gasteiger partial charge in [0.15, 0.2) is 5.69 Å². The number of nitrogens with zero attached hydrogens (tertiary/aromatic N) is 3. The number of oxazole rings is 1. The zero-order valence-electron chi connectivity index (χ0n) is 14.9. The van der Waals surface area contributed by atoms with Crippen molar-refractivity contribution < 1.29 is 9.21 Å². The Morgan fingerprint density at radius 1 is 1.08 bits per heavy atom. The average molecular weight is 347 g/mol. The Labute approximate surface area is 152 Å². The first-order chi connectivity index (χ1) is 12.6. The van der Waals surface area contributed by atoms with Crippen molar-refractivity contribution in [2.75, 3.05) is 23.4 Å². The van der Waals surface area contributed by atoms with Gasteiger partial charge < -0.3 is 14.2 Å². The standard InChI is InChI=1S/C21H21N3O2/c1-15-12-13-23(2)18-10-6-7-11-19(18)24(15)21(25)17-14-26-20(22-17)16-8-4-3-5-9-16/h3-11,14-15H,12-13H2,1-2H3/t15-/m1/s1. The van der Waals surface area contributed by atoms with E-state index in [1.165, 1.54) is 6.26 Å². The highest BCUT2D eigenvalue weighted by Crippen LogP contribution is 2.34. The van der Waals surface area contributed by atoms with Crippen LogP contribution in [0.5, 0.6) is 0 Å². The number of benzene rings is 2. The number of hydrogen-bond acceptors (Lipinski definition) is 4. The van der Waals surface area contributed by atoms with Crippen molar-refractivity contribution in [1.82, 2.24) is 4.98 Å². The number of amides is 1. The molecule has 0 unspecified atom stereocenters. The van der Waals surface area contributed by atoms with Gasteiger partial charge in [0.2, 0.25) is 5.89 Å². The molecule has 0 spiro atoms. The van der Waals surface area contributed by atoms with Crippen molar-refractivity contribution in [3.05, 3.63) is 66.6 Å². The molecule has 0 saturated heterocycles. The molecule has 132 valence electrons. The van der Waals surface area contributed by atoms with Crippen molar-refractivity contribution in [2.24, 2.45) is 0 Å². The number of carbonyl (C=O) groups is 1. The second-order valence-corrected chi connectivity index (χ2v) is 6.63. The molecule has 0 aliphatic carbocycles. The predicted octanol–water partition coefficient (Wildman–Crippen LogP) is 4.22. The van der Waals surface area contributed by atoms with Gasteiger partial charge >= 0.3 is 0 Å². The molecular weight excluding hydrogens is 326 g/mol. The molecule has 2 heterocycles. The Hall–Kier alpha value is -3.08. The summed E-state index contributed by atoms with van der Waals surface area (Å²) in [5.41, 5.74) is 3.15. The molecular formula is C21H21N3O2. The lowest BCUT2D eigenvalue weighted by molar-refractivity contribution is 0.0973. The van der Waals surface area contributed by atoms with Gasteiger partial charge in [0.1, 0.15) is 6.26 Å². The van der Waals surface area contributed by atoms with Crippen LogP contribution in [0.4, 0.5) is 11.4 Å². The van der Waals surface area contributed by atoms with Gasteiger partial charge in [0, 0.05) is 25.2 Å². The highest BCUT2D eigenvalue weighted by Gasteiger charge is 2.30. The van der Waals surface area contributed by atoms with Crippen molar-refractivity contribution in [2.45, 2.75) is 19.4 Å². The maximum absolute atomic E-state index is 13.3. The lowest BCUT2D eigenvalue weighted by atomic mass is 10.1. The molecule has 1 amide bonds. The minimum absolute atomic E-state index is 0.0745. The fourth-order valence-electron chi connectivity index (χ4n) is 3.38. The summed E-state index contributed by atoms with van der Waals surface area (Å²) < 4.78 is 5.57. The van der Waals surface area contributed by atoms with Crippen molar-refractivity contribution >= 4 is 17.3 Å². The van der Waals surface area contributed by atoms with E-state index in [4.69, 9.17) is 4.42 Å². The third kappa shape index (κ3) is 2.86. The topological polar surface area (TPSA) is 49.6 Å². The van der Waals surface area contributed by atoms with Crippen LogP contribution in [0.1, 0.15) is 23.8 Å². The second-order valence-electron chi connectivity index (χ2n) is 6.63. The Kier molecular flexibility index (Phi) is 4.21. The van der Waals surface area contributed by atoms with E-state index in [1.54, 1.807) is 0 Å². The van der Waals surface area contributed by atoms with Gasteiger partial charge in [0.05, 0.1) is 11.4 Å². The lowest BCUT2D eigenvalue weighted by Gasteiger charge is -2.27. The summed E-state index contributed by atoms with van der Waals surface area (Å²) in [5, 5.41) is 0. The van der Waals surface area contributed by atoms with Gasteiger partial charge in [-0.25, -0.2) is 4.98 Å². The first kappa shape index (κ1) is 16.4. The third-order valence-electron chi connectivity index (χ3n) is 4.84. The molecule has 4 rings (SSSR count). The van der Waals surface area contributed by atoms with Crippen LogP contribution in [-0.4, -0.2) is 30.5 Å². The summed E-state index contributed by atoms with van der Waals surface area (Å²) in [4.78, 5) is 21.7. The van der Waals surface area contributed by atoms with Gasteiger partial charge in [0.25, 0.3) is 5.91 Å². The van der Waals surface area contributed by atoms with E-state index < -0.39 is 0 Å².